The Morgan fingerprint density at radius 3 is 2.68 bits per heavy atom. The first-order chi connectivity index (χ1) is 13.9. The first kappa shape index (κ1) is 15.5. The van der Waals surface area contributed by atoms with Crippen LogP contribution in [0.1, 0.15) is 0 Å². The highest BCUT2D eigenvalue weighted by molar-refractivity contribution is 7.26. The maximum atomic E-state index is 4.67. The third kappa shape index (κ3) is 2.27. The summed E-state index contributed by atoms with van der Waals surface area (Å²) < 4.78 is 4.54. The summed E-state index contributed by atoms with van der Waals surface area (Å²) in [7, 11) is 0. The van der Waals surface area contributed by atoms with Gasteiger partial charge in [0.25, 0.3) is 0 Å². The fourth-order valence-electron chi connectivity index (χ4n) is 3.77. The highest BCUT2D eigenvalue weighted by atomic mass is 32.1. The molecule has 0 saturated carbocycles. The second-order valence-corrected chi connectivity index (χ2v) is 7.73. The average molecular weight is 378 g/mol. The van der Waals surface area contributed by atoms with Crippen molar-refractivity contribution in [1.29, 1.82) is 0 Å². The molecule has 0 N–H and O–H groups in total. The molecule has 0 amide bonds. The van der Waals surface area contributed by atoms with E-state index >= 15 is 0 Å². The summed E-state index contributed by atoms with van der Waals surface area (Å²) in [5.74, 6) is 0. The second kappa shape index (κ2) is 5.97. The van der Waals surface area contributed by atoms with Crippen LogP contribution in [-0.2, 0) is 0 Å². The largest absolute Gasteiger partial charge is 0.306 e. The molecule has 0 radical (unpaired) electrons. The Morgan fingerprint density at radius 1 is 0.821 bits per heavy atom. The van der Waals surface area contributed by atoms with Gasteiger partial charge in [-0.2, -0.15) is 0 Å². The Morgan fingerprint density at radius 2 is 1.75 bits per heavy atom. The molecule has 4 nitrogen and oxygen atoms in total. The molecule has 0 aliphatic rings. The van der Waals surface area contributed by atoms with E-state index < -0.39 is 0 Å². The molecule has 132 valence electrons. The van der Waals surface area contributed by atoms with Crippen LogP contribution in [0, 0.1) is 0 Å². The summed E-state index contributed by atoms with van der Waals surface area (Å²) in [6, 6.07) is 21.3. The van der Waals surface area contributed by atoms with Gasteiger partial charge in [0.05, 0.1) is 17.5 Å². The molecule has 0 aliphatic heterocycles. The van der Waals surface area contributed by atoms with Crippen molar-refractivity contribution in [2.24, 2.45) is 0 Å². The normalized spacial score (nSPS) is 11.6. The summed E-state index contributed by atoms with van der Waals surface area (Å²) in [4.78, 5) is 13.3. The van der Waals surface area contributed by atoms with Gasteiger partial charge in [-0.1, -0.05) is 36.4 Å². The monoisotopic (exact) mass is 378 g/mol. The Labute approximate surface area is 164 Å². The van der Waals surface area contributed by atoms with Gasteiger partial charge in [-0.3, -0.25) is 0 Å². The number of aromatic nitrogens is 4. The van der Waals surface area contributed by atoms with Crippen LogP contribution in [0.25, 0.3) is 48.0 Å². The molecule has 6 rings (SSSR count). The van der Waals surface area contributed by atoms with Gasteiger partial charge in [-0.15, -0.1) is 11.3 Å². The fraction of sp³-hybridized carbons (Fsp3) is 0. The number of imidazole rings is 1. The molecule has 3 aromatic heterocycles. The molecule has 6 aromatic rings. The van der Waals surface area contributed by atoms with Crippen LogP contribution in [0.3, 0.4) is 0 Å². The van der Waals surface area contributed by atoms with Crippen molar-refractivity contribution in [3.05, 3.63) is 85.7 Å². The summed E-state index contributed by atoms with van der Waals surface area (Å²) in [6.45, 7) is 0. The lowest BCUT2D eigenvalue weighted by Gasteiger charge is -2.08. The van der Waals surface area contributed by atoms with Gasteiger partial charge in [0, 0.05) is 49.2 Å². The zero-order chi connectivity index (χ0) is 18.5. The molecule has 0 atom stereocenters. The van der Waals surface area contributed by atoms with E-state index in [-0.39, 0.29) is 0 Å². The number of fused-ring (bicyclic) bond motifs is 4. The minimum Gasteiger partial charge on any atom is -0.306 e. The maximum absolute atomic E-state index is 4.67. The second-order valence-electron chi connectivity index (χ2n) is 6.67. The van der Waals surface area contributed by atoms with Gasteiger partial charge < -0.3 is 4.57 Å². The Balaban J connectivity index is 1.62. The van der Waals surface area contributed by atoms with Gasteiger partial charge in [0.2, 0.25) is 0 Å². The Kier molecular flexibility index (Phi) is 3.30. The molecule has 0 fully saturated rings. The van der Waals surface area contributed by atoms with Crippen LogP contribution >= 0.6 is 11.3 Å². The van der Waals surface area contributed by atoms with E-state index in [1.54, 1.807) is 18.9 Å². The van der Waals surface area contributed by atoms with Crippen molar-refractivity contribution in [3.63, 3.8) is 0 Å². The van der Waals surface area contributed by atoms with Crippen molar-refractivity contribution < 1.29 is 0 Å². The molecule has 0 aliphatic carbocycles. The number of rotatable bonds is 2. The summed E-state index contributed by atoms with van der Waals surface area (Å²) in [5, 5.41) is 3.63. The molecule has 5 heteroatoms. The van der Waals surface area contributed by atoms with Gasteiger partial charge >= 0.3 is 0 Å². The Hall–Kier alpha value is -3.57. The van der Waals surface area contributed by atoms with Gasteiger partial charge in [0.15, 0.2) is 0 Å². The quantitative estimate of drug-likeness (QED) is 0.379. The first-order valence-corrected chi connectivity index (χ1v) is 9.84. The predicted octanol–water partition coefficient (Wildman–Crippen LogP) is 5.85. The van der Waals surface area contributed by atoms with E-state index in [0.29, 0.717) is 0 Å². The smallest absolute Gasteiger partial charge is 0.116 e. The first-order valence-electron chi connectivity index (χ1n) is 9.02. The van der Waals surface area contributed by atoms with Crippen molar-refractivity contribution >= 4 is 42.4 Å². The molecule has 0 spiro atoms. The van der Waals surface area contributed by atoms with Gasteiger partial charge in [-0.05, 0) is 24.3 Å². The summed E-state index contributed by atoms with van der Waals surface area (Å²) in [6.07, 6.45) is 7.15. The molecular formula is C23H14N4S. The van der Waals surface area contributed by atoms with E-state index in [0.717, 1.165) is 27.8 Å². The van der Waals surface area contributed by atoms with E-state index in [2.05, 4.69) is 75.6 Å². The Bertz CT molecular complexity index is 1460. The van der Waals surface area contributed by atoms with E-state index in [1.165, 1.54) is 20.2 Å². The van der Waals surface area contributed by atoms with E-state index in [9.17, 15) is 0 Å². The minimum absolute atomic E-state index is 0.925. The average Bonchev–Trinajstić information content (AvgIpc) is 3.41. The maximum Gasteiger partial charge on any atom is 0.116 e. The standard InChI is InChI=1S/C23H14N4S/c1-2-7-21-16(4-1)17-5-3-6-19(23(17)28-21)22-18-9-8-15(27-11-10-24-14-27)12-20(18)25-13-26-22/h1-14H. The molecule has 3 aromatic carbocycles. The van der Waals surface area contributed by atoms with Gasteiger partial charge in [0.1, 0.15) is 6.33 Å². The molecule has 3 heterocycles. The number of thiophene rings is 1. The van der Waals surface area contributed by atoms with Crippen LogP contribution < -0.4 is 0 Å². The lowest BCUT2D eigenvalue weighted by atomic mass is 10.0. The highest BCUT2D eigenvalue weighted by Gasteiger charge is 2.14. The van der Waals surface area contributed by atoms with Crippen LogP contribution in [0.4, 0.5) is 0 Å². The minimum atomic E-state index is 0.925. The third-order valence-corrected chi connectivity index (χ3v) is 6.30. The van der Waals surface area contributed by atoms with Crippen molar-refractivity contribution in [2.45, 2.75) is 0 Å². The van der Waals surface area contributed by atoms with Gasteiger partial charge in [-0.25, -0.2) is 15.0 Å². The zero-order valence-electron chi connectivity index (χ0n) is 14.8. The molecule has 0 bridgehead atoms. The predicted molar refractivity (Wildman–Crippen MR) is 115 cm³/mol. The molecule has 0 saturated heterocycles. The van der Waals surface area contributed by atoms with E-state index in [1.807, 2.05) is 22.1 Å². The third-order valence-electron chi connectivity index (χ3n) is 5.08. The van der Waals surface area contributed by atoms with Crippen LogP contribution in [0.15, 0.2) is 85.7 Å². The zero-order valence-corrected chi connectivity index (χ0v) is 15.6. The number of benzene rings is 3. The van der Waals surface area contributed by atoms with E-state index in [4.69, 9.17) is 0 Å². The lowest BCUT2D eigenvalue weighted by Crippen LogP contribution is -1.93. The SMILES string of the molecule is c1ccc2c(c1)sc1c(-c3ncnc4cc(-n5ccnc5)ccc34)cccc12. The highest BCUT2D eigenvalue weighted by Crippen LogP contribution is 2.40. The summed E-state index contributed by atoms with van der Waals surface area (Å²) in [5.41, 5.74) is 4.09. The number of hydrogen-bond acceptors (Lipinski definition) is 4. The molecule has 28 heavy (non-hydrogen) atoms. The van der Waals surface area contributed by atoms with Crippen LogP contribution in [-0.4, -0.2) is 19.5 Å². The topological polar surface area (TPSA) is 43.6 Å². The van der Waals surface area contributed by atoms with Crippen molar-refractivity contribution in [1.82, 2.24) is 19.5 Å². The van der Waals surface area contributed by atoms with Crippen molar-refractivity contribution in [3.8, 4) is 16.9 Å². The van der Waals surface area contributed by atoms with Crippen LogP contribution in [0.2, 0.25) is 0 Å². The number of hydrogen-bond donors (Lipinski definition) is 0. The fourth-order valence-corrected chi connectivity index (χ4v) is 4.98. The molecule has 0 unspecified atom stereocenters. The number of nitrogens with zero attached hydrogens (tertiary/aromatic N) is 4. The summed E-state index contributed by atoms with van der Waals surface area (Å²) >= 11 is 1.82. The van der Waals surface area contributed by atoms with Crippen LogP contribution in [0.5, 0.6) is 0 Å². The molecular weight excluding hydrogens is 364 g/mol. The lowest BCUT2D eigenvalue weighted by molar-refractivity contribution is 1.06. The van der Waals surface area contributed by atoms with Crippen molar-refractivity contribution in [2.75, 3.05) is 0 Å².